The van der Waals surface area contributed by atoms with Gasteiger partial charge >= 0.3 is 0 Å². The molecule has 1 amide bonds. The van der Waals surface area contributed by atoms with Crippen molar-refractivity contribution >= 4 is 12.0 Å². The third-order valence-corrected chi connectivity index (χ3v) is 4.33. The second-order valence-electron chi connectivity index (χ2n) is 6.15. The molecular weight excluding hydrogens is 304 g/mol. The van der Waals surface area contributed by atoms with E-state index in [0.717, 1.165) is 24.6 Å². The molecule has 3 rings (SSSR count). The van der Waals surface area contributed by atoms with Crippen LogP contribution in [-0.4, -0.2) is 30.4 Å². The smallest absolute Gasteiger partial charge is 0.244 e. The number of furan rings is 2. The molecule has 0 bridgehead atoms. The van der Waals surface area contributed by atoms with E-state index in [-0.39, 0.29) is 11.9 Å². The fourth-order valence-corrected chi connectivity index (χ4v) is 3.08. The summed E-state index contributed by atoms with van der Waals surface area (Å²) in [4.78, 5) is 14.5. The number of hydrogen-bond donors (Lipinski definition) is 1. The fraction of sp³-hybridized carbons (Fsp3) is 0.421. The van der Waals surface area contributed by atoms with E-state index in [2.05, 4.69) is 10.2 Å². The molecule has 1 unspecified atom stereocenters. The Labute approximate surface area is 142 Å². The SMILES string of the molecule is Cc1ccc(/C=C/C(=O)NCC(c2ccco2)N2CCCCC2)o1. The third-order valence-electron chi connectivity index (χ3n) is 4.33. The normalized spacial score (nSPS) is 17.2. The maximum Gasteiger partial charge on any atom is 0.244 e. The number of carbonyl (C=O) groups excluding carboxylic acids is 1. The molecule has 0 radical (unpaired) electrons. The van der Waals surface area contributed by atoms with Gasteiger partial charge in [-0.05, 0) is 63.2 Å². The third kappa shape index (κ3) is 4.38. The number of nitrogens with zero attached hydrogens (tertiary/aromatic N) is 1. The molecule has 0 aromatic carbocycles. The second kappa shape index (κ2) is 8.02. The van der Waals surface area contributed by atoms with Crippen LogP contribution in [0.15, 0.2) is 45.4 Å². The molecule has 2 aromatic heterocycles. The van der Waals surface area contributed by atoms with Crippen LogP contribution in [0.2, 0.25) is 0 Å². The Kier molecular flexibility index (Phi) is 5.54. The van der Waals surface area contributed by atoms with Gasteiger partial charge < -0.3 is 14.2 Å². The minimum absolute atomic E-state index is 0.0866. The predicted molar refractivity (Wildman–Crippen MR) is 92.4 cm³/mol. The molecule has 5 heteroatoms. The van der Waals surface area contributed by atoms with Gasteiger partial charge in [0.25, 0.3) is 0 Å². The molecule has 1 fully saturated rings. The molecule has 0 spiro atoms. The van der Waals surface area contributed by atoms with Crippen LogP contribution in [0, 0.1) is 6.92 Å². The highest BCUT2D eigenvalue weighted by Gasteiger charge is 2.24. The molecule has 1 N–H and O–H groups in total. The Morgan fingerprint density at radius 1 is 1.29 bits per heavy atom. The van der Waals surface area contributed by atoms with Crippen molar-refractivity contribution < 1.29 is 13.6 Å². The van der Waals surface area contributed by atoms with E-state index in [1.54, 1.807) is 12.3 Å². The number of piperidine rings is 1. The topological polar surface area (TPSA) is 58.6 Å². The summed E-state index contributed by atoms with van der Waals surface area (Å²) < 4.78 is 11.0. The van der Waals surface area contributed by atoms with Crippen LogP contribution < -0.4 is 5.32 Å². The van der Waals surface area contributed by atoms with Crippen molar-refractivity contribution in [3.8, 4) is 0 Å². The lowest BCUT2D eigenvalue weighted by Gasteiger charge is -2.33. The zero-order valence-corrected chi connectivity index (χ0v) is 14.0. The van der Waals surface area contributed by atoms with E-state index in [4.69, 9.17) is 8.83 Å². The predicted octanol–water partition coefficient (Wildman–Crippen LogP) is 3.54. The zero-order valence-electron chi connectivity index (χ0n) is 14.0. The number of likely N-dealkylation sites (tertiary alicyclic amines) is 1. The summed E-state index contributed by atoms with van der Waals surface area (Å²) in [7, 11) is 0. The van der Waals surface area contributed by atoms with E-state index in [1.807, 2.05) is 31.2 Å². The van der Waals surface area contributed by atoms with Gasteiger partial charge in [0.1, 0.15) is 17.3 Å². The molecule has 1 aliphatic rings. The van der Waals surface area contributed by atoms with Gasteiger partial charge in [-0.1, -0.05) is 6.42 Å². The number of rotatable bonds is 6. The van der Waals surface area contributed by atoms with Gasteiger partial charge in [-0.3, -0.25) is 9.69 Å². The van der Waals surface area contributed by atoms with Gasteiger partial charge in [-0.2, -0.15) is 0 Å². The van der Waals surface area contributed by atoms with Crippen molar-refractivity contribution in [3.63, 3.8) is 0 Å². The number of carbonyl (C=O) groups is 1. The lowest BCUT2D eigenvalue weighted by atomic mass is 10.1. The standard InChI is InChI=1S/C19H24N2O3/c1-15-7-8-16(24-15)9-10-19(22)20-14-17(18-6-5-13-23-18)21-11-3-2-4-12-21/h5-10,13,17H,2-4,11-12,14H2,1H3,(H,20,22)/b10-9+. The van der Waals surface area contributed by atoms with Crippen molar-refractivity contribution in [1.29, 1.82) is 0 Å². The van der Waals surface area contributed by atoms with E-state index in [9.17, 15) is 4.79 Å². The molecule has 0 aliphatic carbocycles. The summed E-state index contributed by atoms with van der Waals surface area (Å²) in [5, 5.41) is 2.98. The van der Waals surface area contributed by atoms with Crippen molar-refractivity contribution in [2.24, 2.45) is 0 Å². The van der Waals surface area contributed by atoms with E-state index >= 15 is 0 Å². The first kappa shape index (κ1) is 16.6. The summed E-state index contributed by atoms with van der Waals surface area (Å²) in [6, 6.07) is 7.68. The van der Waals surface area contributed by atoms with Gasteiger partial charge in [0.05, 0.1) is 12.3 Å². The molecule has 24 heavy (non-hydrogen) atoms. The number of nitrogens with one attached hydrogen (secondary N) is 1. The highest BCUT2D eigenvalue weighted by Crippen LogP contribution is 2.24. The maximum atomic E-state index is 12.1. The van der Waals surface area contributed by atoms with Crippen LogP contribution in [0.4, 0.5) is 0 Å². The highest BCUT2D eigenvalue weighted by atomic mass is 16.3. The van der Waals surface area contributed by atoms with Crippen molar-refractivity contribution in [2.45, 2.75) is 32.2 Å². The summed E-state index contributed by atoms with van der Waals surface area (Å²) in [5.41, 5.74) is 0. The first-order valence-electron chi connectivity index (χ1n) is 8.52. The Morgan fingerprint density at radius 3 is 2.79 bits per heavy atom. The Balaban J connectivity index is 1.58. The Bertz CT molecular complexity index is 667. The van der Waals surface area contributed by atoms with E-state index in [0.29, 0.717) is 12.3 Å². The van der Waals surface area contributed by atoms with Gasteiger partial charge in [0.15, 0.2) is 0 Å². The number of hydrogen-bond acceptors (Lipinski definition) is 4. The van der Waals surface area contributed by atoms with Gasteiger partial charge in [-0.15, -0.1) is 0 Å². The van der Waals surface area contributed by atoms with E-state index < -0.39 is 0 Å². The monoisotopic (exact) mass is 328 g/mol. The van der Waals surface area contributed by atoms with Crippen molar-refractivity contribution in [2.75, 3.05) is 19.6 Å². The van der Waals surface area contributed by atoms with Gasteiger partial charge in [0, 0.05) is 12.6 Å². The first-order chi connectivity index (χ1) is 11.7. The molecule has 0 saturated carbocycles. The van der Waals surface area contributed by atoms with Crippen molar-refractivity contribution in [1.82, 2.24) is 10.2 Å². The number of amides is 1. The summed E-state index contributed by atoms with van der Waals surface area (Å²) in [6.07, 6.45) is 8.55. The average molecular weight is 328 g/mol. The zero-order chi connectivity index (χ0) is 16.8. The Hall–Kier alpha value is -2.27. The molecule has 1 aliphatic heterocycles. The Morgan fingerprint density at radius 2 is 2.12 bits per heavy atom. The van der Waals surface area contributed by atoms with Gasteiger partial charge in [0.2, 0.25) is 5.91 Å². The minimum atomic E-state index is -0.127. The second-order valence-corrected chi connectivity index (χ2v) is 6.15. The minimum Gasteiger partial charge on any atom is -0.468 e. The molecule has 5 nitrogen and oxygen atoms in total. The van der Waals surface area contributed by atoms with Crippen LogP contribution in [-0.2, 0) is 4.79 Å². The maximum absolute atomic E-state index is 12.1. The molecule has 128 valence electrons. The summed E-state index contributed by atoms with van der Waals surface area (Å²) >= 11 is 0. The molecule has 3 heterocycles. The largest absolute Gasteiger partial charge is 0.468 e. The van der Waals surface area contributed by atoms with Crippen LogP contribution in [0.1, 0.15) is 42.6 Å². The first-order valence-corrected chi connectivity index (χ1v) is 8.52. The molecule has 1 atom stereocenters. The quantitative estimate of drug-likeness (QED) is 0.824. The van der Waals surface area contributed by atoms with Crippen LogP contribution in [0.3, 0.4) is 0 Å². The van der Waals surface area contributed by atoms with Gasteiger partial charge in [-0.25, -0.2) is 0 Å². The lowest BCUT2D eigenvalue weighted by Crippen LogP contribution is -2.40. The highest BCUT2D eigenvalue weighted by molar-refractivity contribution is 5.91. The van der Waals surface area contributed by atoms with Crippen LogP contribution in [0.5, 0.6) is 0 Å². The lowest BCUT2D eigenvalue weighted by molar-refractivity contribution is -0.116. The fourth-order valence-electron chi connectivity index (χ4n) is 3.08. The molecule has 2 aromatic rings. The van der Waals surface area contributed by atoms with Crippen LogP contribution in [0.25, 0.3) is 6.08 Å². The summed E-state index contributed by atoms with van der Waals surface area (Å²) in [5.74, 6) is 2.29. The van der Waals surface area contributed by atoms with Crippen molar-refractivity contribution in [3.05, 3.63) is 53.9 Å². The van der Waals surface area contributed by atoms with Crippen LogP contribution >= 0.6 is 0 Å². The molecule has 1 saturated heterocycles. The van der Waals surface area contributed by atoms with E-state index in [1.165, 1.54) is 25.3 Å². The number of aryl methyl sites for hydroxylation is 1. The summed E-state index contributed by atoms with van der Waals surface area (Å²) in [6.45, 7) is 4.50. The molecular formula is C19H24N2O3. The average Bonchev–Trinajstić information content (AvgIpc) is 3.26.